The van der Waals surface area contributed by atoms with Gasteiger partial charge in [0.2, 0.25) is 0 Å². The molecule has 0 aromatic heterocycles. The number of methoxy groups -OCH3 is 1. The first-order valence-corrected chi connectivity index (χ1v) is 8.66. The lowest BCUT2D eigenvalue weighted by molar-refractivity contribution is -0.150. The third-order valence-corrected chi connectivity index (χ3v) is 4.97. The fourth-order valence-corrected chi connectivity index (χ4v) is 3.35. The zero-order valence-corrected chi connectivity index (χ0v) is 15.3. The van der Waals surface area contributed by atoms with Crippen LogP contribution in [0.1, 0.15) is 39.6 Å². The number of phenols is 1. The molecule has 0 saturated carbocycles. The number of rotatable bonds is 4. The van der Waals surface area contributed by atoms with Crippen molar-refractivity contribution in [1.82, 2.24) is 4.90 Å². The molecule has 1 fully saturated rings. The minimum Gasteiger partial charge on any atom is -0.508 e. The number of esters is 1. The Morgan fingerprint density at radius 2 is 1.67 bits per heavy atom. The van der Waals surface area contributed by atoms with Crippen LogP contribution in [0.4, 0.5) is 0 Å². The minimum absolute atomic E-state index is 0.0649. The molecule has 140 valence electrons. The summed E-state index contributed by atoms with van der Waals surface area (Å²) in [6.07, 6.45) is 0.513. The first-order valence-electron chi connectivity index (χ1n) is 8.66. The summed E-state index contributed by atoms with van der Waals surface area (Å²) >= 11 is 0. The molecule has 0 aliphatic carbocycles. The zero-order chi connectivity index (χ0) is 19.6. The van der Waals surface area contributed by atoms with E-state index in [4.69, 9.17) is 4.74 Å². The van der Waals surface area contributed by atoms with Crippen LogP contribution in [0.5, 0.6) is 5.75 Å². The van der Waals surface area contributed by atoms with Crippen molar-refractivity contribution in [3.63, 3.8) is 0 Å². The number of nitrogens with zero attached hydrogens (tertiary/aromatic N) is 1. The van der Waals surface area contributed by atoms with Gasteiger partial charge in [-0.15, -0.1) is 0 Å². The molecule has 1 N–H and O–H groups in total. The number of hydrogen-bond donors (Lipinski definition) is 1. The highest BCUT2D eigenvalue weighted by atomic mass is 16.5. The molecule has 1 heterocycles. The van der Waals surface area contributed by atoms with Gasteiger partial charge in [-0.1, -0.05) is 18.2 Å². The summed E-state index contributed by atoms with van der Waals surface area (Å²) in [7, 11) is 1.34. The lowest BCUT2D eigenvalue weighted by atomic mass is 9.90. The van der Waals surface area contributed by atoms with Gasteiger partial charge in [-0.05, 0) is 43.7 Å². The van der Waals surface area contributed by atoms with Crippen LogP contribution in [0.3, 0.4) is 0 Å². The van der Waals surface area contributed by atoms with Crippen LogP contribution < -0.4 is 0 Å². The largest absolute Gasteiger partial charge is 0.508 e. The second-order valence-corrected chi connectivity index (χ2v) is 6.95. The summed E-state index contributed by atoms with van der Waals surface area (Å²) in [4.78, 5) is 39.5. The zero-order valence-electron chi connectivity index (χ0n) is 15.3. The maximum absolute atomic E-state index is 13.0. The van der Waals surface area contributed by atoms with Crippen LogP contribution in [0, 0.1) is 5.41 Å². The van der Waals surface area contributed by atoms with E-state index in [0.29, 0.717) is 29.7 Å². The summed E-state index contributed by atoms with van der Waals surface area (Å²) < 4.78 is 4.85. The van der Waals surface area contributed by atoms with E-state index < -0.39 is 5.41 Å². The van der Waals surface area contributed by atoms with E-state index in [0.717, 1.165) is 0 Å². The Kier molecular flexibility index (Phi) is 4.99. The second-order valence-electron chi connectivity index (χ2n) is 6.95. The maximum atomic E-state index is 13.0. The van der Waals surface area contributed by atoms with Gasteiger partial charge < -0.3 is 14.7 Å². The predicted octanol–water partition coefficient (Wildman–Crippen LogP) is 2.65. The fraction of sp³-hybridized carbons (Fsp3) is 0.286. The number of ether oxygens (including phenoxy) is 1. The van der Waals surface area contributed by atoms with Gasteiger partial charge >= 0.3 is 5.97 Å². The summed E-state index contributed by atoms with van der Waals surface area (Å²) in [5.41, 5.74) is 0.235. The van der Waals surface area contributed by atoms with Crippen LogP contribution in [0.25, 0.3) is 0 Å². The van der Waals surface area contributed by atoms with Gasteiger partial charge in [-0.25, -0.2) is 0 Å². The Labute approximate surface area is 157 Å². The van der Waals surface area contributed by atoms with Crippen LogP contribution in [-0.2, 0) is 9.53 Å². The number of ketones is 1. The molecular weight excluding hydrogens is 346 g/mol. The number of carbonyl (C=O) groups excluding carboxylic acids is 3. The molecule has 1 saturated heterocycles. The maximum Gasteiger partial charge on any atom is 0.313 e. The van der Waals surface area contributed by atoms with Crippen molar-refractivity contribution in [3.05, 3.63) is 65.2 Å². The lowest BCUT2D eigenvalue weighted by Gasteiger charge is -2.22. The van der Waals surface area contributed by atoms with Crippen LogP contribution in [0.2, 0.25) is 0 Å². The number of carbonyl (C=O) groups is 3. The predicted molar refractivity (Wildman–Crippen MR) is 98.6 cm³/mol. The van der Waals surface area contributed by atoms with Crippen LogP contribution in [0.15, 0.2) is 48.5 Å². The molecule has 3 rings (SSSR count). The normalized spacial score (nSPS) is 19.0. The molecule has 1 aliphatic rings. The molecule has 2 aromatic carbocycles. The highest BCUT2D eigenvalue weighted by molar-refractivity contribution is 6.15. The Hall–Kier alpha value is -3.15. The van der Waals surface area contributed by atoms with Gasteiger partial charge in [0.1, 0.15) is 5.75 Å². The molecule has 6 nitrogen and oxygen atoms in total. The summed E-state index contributed by atoms with van der Waals surface area (Å²) in [6.45, 7) is 2.45. The van der Waals surface area contributed by atoms with E-state index in [9.17, 15) is 19.5 Å². The summed E-state index contributed by atoms with van der Waals surface area (Å²) in [5.74, 6) is -0.861. The number of hydrogen-bond acceptors (Lipinski definition) is 5. The van der Waals surface area contributed by atoms with Gasteiger partial charge in [0.15, 0.2) is 5.78 Å². The third kappa shape index (κ3) is 3.56. The number of amides is 1. The summed E-state index contributed by atoms with van der Waals surface area (Å²) in [6, 6.07) is 12.5. The van der Waals surface area contributed by atoms with E-state index in [1.165, 1.54) is 31.4 Å². The van der Waals surface area contributed by atoms with Crippen molar-refractivity contribution in [2.24, 2.45) is 5.41 Å². The molecule has 27 heavy (non-hydrogen) atoms. The van der Waals surface area contributed by atoms with Crippen molar-refractivity contribution >= 4 is 17.7 Å². The molecule has 0 bridgehead atoms. The van der Waals surface area contributed by atoms with E-state index in [2.05, 4.69) is 0 Å². The van der Waals surface area contributed by atoms with Crippen molar-refractivity contribution in [2.45, 2.75) is 13.3 Å². The molecule has 6 heteroatoms. The van der Waals surface area contributed by atoms with Gasteiger partial charge in [0.05, 0.1) is 18.1 Å². The minimum atomic E-state index is -0.736. The topological polar surface area (TPSA) is 83.9 Å². The highest BCUT2D eigenvalue weighted by Gasteiger charge is 2.43. The Morgan fingerprint density at radius 1 is 1.04 bits per heavy atom. The number of phenolic OH excluding ortho intramolecular Hbond substituents is 1. The monoisotopic (exact) mass is 367 g/mol. The Balaban J connectivity index is 1.88. The lowest BCUT2D eigenvalue weighted by Crippen LogP contribution is -2.36. The molecule has 1 amide bonds. The van der Waals surface area contributed by atoms with E-state index in [-0.39, 0.29) is 30.0 Å². The van der Waals surface area contributed by atoms with Crippen LogP contribution >= 0.6 is 0 Å². The fourth-order valence-electron chi connectivity index (χ4n) is 3.35. The SMILES string of the molecule is COC(=O)[C@]1(C)CCN(C(=O)c2ccccc2C(=O)c2ccc(O)cc2)C1. The highest BCUT2D eigenvalue weighted by Crippen LogP contribution is 2.32. The molecular formula is C21H21NO5. The van der Waals surface area contributed by atoms with E-state index >= 15 is 0 Å². The van der Waals surface area contributed by atoms with Gasteiger partial charge in [0.25, 0.3) is 5.91 Å². The second kappa shape index (κ2) is 7.23. The standard InChI is InChI=1S/C21H21NO5/c1-21(20(26)27-2)11-12-22(13-21)19(25)17-6-4-3-5-16(17)18(24)14-7-9-15(23)10-8-14/h3-10,23H,11-13H2,1-2H3/t21-/m1/s1. The number of benzene rings is 2. The average molecular weight is 367 g/mol. The number of likely N-dealkylation sites (tertiary alicyclic amines) is 1. The smallest absolute Gasteiger partial charge is 0.313 e. The molecule has 0 unspecified atom stereocenters. The molecule has 1 aliphatic heterocycles. The summed E-state index contributed by atoms with van der Waals surface area (Å²) in [5, 5.41) is 9.40. The van der Waals surface area contributed by atoms with Crippen molar-refractivity contribution in [3.8, 4) is 5.75 Å². The molecule has 1 atom stereocenters. The van der Waals surface area contributed by atoms with Crippen molar-refractivity contribution in [1.29, 1.82) is 0 Å². The molecule has 0 radical (unpaired) electrons. The Morgan fingerprint density at radius 3 is 2.30 bits per heavy atom. The quantitative estimate of drug-likeness (QED) is 0.663. The average Bonchev–Trinajstić information content (AvgIpc) is 3.10. The van der Waals surface area contributed by atoms with E-state index in [1.807, 2.05) is 0 Å². The molecule has 2 aromatic rings. The first-order chi connectivity index (χ1) is 12.9. The molecule has 0 spiro atoms. The van der Waals surface area contributed by atoms with Gasteiger partial charge in [-0.3, -0.25) is 14.4 Å². The van der Waals surface area contributed by atoms with E-state index in [1.54, 1.807) is 36.1 Å². The number of aromatic hydroxyl groups is 1. The van der Waals surface area contributed by atoms with Crippen molar-refractivity contribution < 1.29 is 24.2 Å². The Bertz CT molecular complexity index is 890. The van der Waals surface area contributed by atoms with Crippen LogP contribution in [-0.4, -0.2) is 47.9 Å². The van der Waals surface area contributed by atoms with Gasteiger partial charge in [-0.2, -0.15) is 0 Å². The van der Waals surface area contributed by atoms with Crippen molar-refractivity contribution in [2.75, 3.05) is 20.2 Å². The third-order valence-electron chi connectivity index (χ3n) is 4.97. The van der Waals surface area contributed by atoms with Gasteiger partial charge in [0, 0.05) is 24.2 Å². The first kappa shape index (κ1) is 18.6.